The zero-order valence-corrected chi connectivity index (χ0v) is 23.0. The van der Waals surface area contributed by atoms with Crippen molar-refractivity contribution in [2.45, 2.75) is 109 Å². The number of fused-ring (bicyclic) bond motifs is 1. The van der Waals surface area contributed by atoms with Crippen LogP contribution in [0.15, 0.2) is 30.5 Å². The Morgan fingerprint density at radius 2 is 1.75 bits per heavy atom. The highest BCUT2D eigenvalue weighted by Gasteiger charge is 2.46. The first-order valence-electron chi connectivity index (χ1n) is 13.8. The molecule has 1 aromatic carbocycles. The van der Waals surface area contributed by atoms with Gasteiger partial charge in [-0.25, -0.2) is 9.78 Å². The minimum atomic E-state index is -0.547. The van der Waals surface area contributed by atoms with Crippen LogP contribution in [0.1, 0.15) is 79.1 Å². The zero-order valence-electron chi connectivity index (χ0n) is 22.3. The molecule has 3 fully saturated rings. The van der Waals surface area contributed by atoms with Gasteiger partial charge in [-0.3, -0.25) is 9.88 Å². The summed E-state index contributed by atoms with van der Waals surface area (Å²) in [7, 11) is 0. The monoisotopic (exact) mass is 515 g/mol. The summed E-state index contributed by atoms with van der Waals surface area (Å²) in [5.41, 5.74) is 1.74. The van der Waals surface area contributed by atoms with Crippen molar-refractivity contribution in [2.24, 2.45) is 5.92 Å². The van der Waals surface area contributed by atoms with Gasteiger partial charge in [0.25, 0.3) is 0 Å². The first-order valence-corrected chi connectivity index (χ1v) is 14.2. The molecule has 5 rings (SSSR count). The maximum absolute atomic E-state index is 6.20. The van der Waals surface area contributed by atoms with Crippen LogP contribution in [0.2, 0.25) is 5.02 Å². The minimum Gasteiger partial charge on any atom is -0.382 e. The summed E-state index contributed by atoms with van der Waals surface area (Å²) in [6.45, 7) is 10.4. The third-order valence-electron chi connectivity index (χ3n) is 8.09. The van der Waals surface area contributed by atoms with Gasteiger partial charge < -0.3 is 10.1 Å². The molecule has 36 heavy (non-hydrogen) atoms. The molecule has 2 saturated carbocycles. The van der Waals surface area contributed by atoms with E-state index in [0.29, 0.717) is 30.7 Å². The lowest BCUT2D eigenvalue weighted by Crippen LogP contribution is -2.55. The van der Waals surface area contributed by atoms with Crippen molar-refractivity contribution >= 4 is 28.2 Å². The molecule has 2 aromatic rings. The number of aromatic nitrogens is 1. The van der Waals surface area contributed by atoms with Crippen molar-refractivity contribution in [2.75, 3.05) is 18.5 Å². The number of halogens is 1. The highest BCUT2D eigenvalue weighted by atomic mass is 35.5. The van der Waals surface area contributed by atoms with Gasteiger partial charge in [0.1, 0.15) is 5.60 Å². The van der Waals surface area contributed by atoms with Crippen LogP contribution in [-0.2, 0) is 14.5 Å². The molecule has 0 radical (unpaired) electrons. The number of ether oxygens (including phenoxy) is 1. The zero-order chi connectivity index (χ0) is 25.3. The molecule has 0 atom stereocenters. The van der Waals surface area contributed by atoms with Crippen molar-refractivity contribution in [1.82, 2.24) is 9.88 Å². The van der Waals surface area contributed by atoms with Crippen LogP contribution >= 0.6 is 11.6 Å². The fraction of sp³-hybridized carbons (Fsp3) is 0.690. The Hall–Kier alpha value is -1.44. The van der Waals surface area contributed by atoms with E-state index in [1.54, 1.807) is 0 Å². The summed E-state index contributed by atoms with van der Waals surface area (Å²) in [5.74, 6) is 0.104. The molecule has 3 aliphatic rings. The van der Waals surface area contributed by atoms with Gasteiger partial charge in [-0.2, -0.15) is 0 Å². The summed E-state index contributed by atoms with van der Waals surface area (Å²) in [4.78, 5) is 18.8. The third kappa shape index (κ3) is 5.99. The fourth-order valence-electron chi connectivity index (χ4n) is 6.18. The standard InChI is InChI=1S/C29H42ClN3O3/c1-20(2)18-33(24-11-14-29(15-12-24)34-19-28(3,4)35-36-29)23-8-6-22(7-9-23)32-26-13-16-31-27-17-21(30)5-10-25(26)27/h5,10,13,16-17,20,22-24H,6-9,11-12,14-15,18-19H2,1-4H3,(H,31,32). The molecule has 2 heterocycles. The molecule has 0 bridgehead atoms. The molecule has 1 N–H and O–H groups in total. The van der Waals surface area contributed by atoms with Crippen molar-refractivity contribution in [3.05, 3.63) is 35.5 Å². The third-order valence-corrected chi connectivity index (χ3v) is 8.33. The second-order valence-electron chi connectivity index (χ2n) is 12.1. The molecule has 1 aromatic heterocycles. The Balaban J connectivity index is 1.18. The quantitative estimate of drug-likeness (QED) is 0.419. The van der Waals surface area contributed by atoms with Gasteiger partial charge in [-0.15, -0.1) is 0 Å². The Kier molecular flexibility index (Phi) is 7.81. The van der Waals surface area contributed by atoms with E-state index in [4.69, 9.17) is 26.1 Å². The van der Waals surface area contributed by atoms with Crippen molar-refractivity contribution in [1.29, 1.82) is 0 Å². The van der Waals surface area contributed by atoms with E-state index in [0.717, 1.165) is 53.8 Å². The Morgan fingerprint density at radius 1 is 1.03 bits per heavy atom. The Bertz CT molecular complexity index is 1020. The second kappa shape index (κ2) is 10.7. The van der Waals surface area contributed by atoms with E-state index in [-0.39, 0.29) is 5.60 Å². The highest BCUT2D eigenvalue weighted by Crippen LogP contribution is 2.41. The van der Waals surface area contributed by atoms with Gasteiger partial charge >= 0.3 is 0 Å². The maximum atomic E-state index is 6.20. The smallest absolute Gasteiger partial charge is 0.201 e. The molecular weight excluding hydrogens is 474 g/mol. The van der Waals surface area contributed by atoms with E-state index in [1.807, 2.05) is 32.2 Å². The van der Waals surface area contributed by atoms with Gasteiger partial charge in [0.2, 0.25) is 5.79 Å². The molecule has 1 aliphatic heterocycles. The summed E-state index contributed by atoms with van der Waals surface area (Å²) < 4.78 is 6.20. The number of hydrogen-bond donors (Lipinski definition) is 1. The molecule has 6 nitrogen and oxygen atoms in total. The summed E-state index contributed by atoms with van der Waals surface area (Å²) in [6, 6.07) is 9.76. The van der Waals surface area contributed by atoms with Gasteiger partial charge in [-0.05, 0) is 82.6 Å². The number of anilines is 1. The van der Waals surface area contributed by atoms with E-state index < -0.39 is 5.79 Å². The van der Waals surface area contributed by atoms with Crippen LogP contribution in [0.5, 0.6) is 0 Å². The lowest BCUT2D eigenvalue weighted by Gasteiger charge is -2.49. The molecular formula is C29H42ClN3O3. The maximum Gasteiger partial charge on any atom is 0.201 e. The van der Waals surface area contributed by atoms with Crippen molar-refractivity contribution in [3.8, 4) is 0 Å². The molecule has 0 amide bonds. The van der Waals surface area contributed by atoms with Gasteiger partial charge in [0.15, 0.2) is 0 Å². The Morgan fingerprint density at radius 3 is 2.42 bits per heavy atom. The topological polar surface area (TPSA) is 55.9 Å². The summed E-state index contributed by atoms with van der Waals surface area (Å²) in [5, 5.41) is 5.69. The predicted octanol–water partition coefficient (Wildman–Crippen LogP) is 6.97. The fourth-order valence-corrected chi connectivity index (χ4v) is 6.35. The number of nitrogens with zero attached hydrogens (tertiary/aromatic N) is 2. The van der Waals surface area contributed by atoms with Crippen LogP contribution in [0.4, 0.5) is 5.69 Å². The van der Waals surface area contributed by atoms with Crippen LogP contribution in [0, 0.1) is 5.92 Å². The van der Waals surface area contributed by atoms with E-state index >= 15 is 0 Å². The minimum absolute atomic E-state index is 0.367. The largest absolute Gasteiger partial charge is 0.382 e. The molecule has 7 heteroatoms. The average Bonchev–Trinajstić information content (AvgIpc) is 2.86. The lowest BCUT2D eigenvalue weighted by atomic mass is 9.84. The predicted molar refractivity (Wildman–Crippen MR) is 145 cm³/mol. The number of pyridine rings is 1. The van der Waals surface area contributed by atoms with Crippen molar-refractivity contribution in [3.63, 3.8) is 0 Å². The second-order valence-corrected chi connectivity index (χ2v) is 12.6. The van der Waals surface area contributed by atoms with E-state index in [9.17, 15) is 0 Å². The number of nitrogens with one attached hydrogen (secondary N) is 1. The van der Waals surface area contributed by atoms with Crippen molar-refractivity contribution < 1.29 is 14.5 Å². The van der Waals surface area contributed by atoms with Crippen LogP contribution in [0.25, 0.3) is 10.9 Å². The van der Waals surface area contributed by atoms with Crippen LogP contribution < -0.4 is 5.32 Å². The van der Waals surface area contributed by atoms with Crippen LogP contribution in [0.3, 0.4) is 0 Å². The van der Waals surface area contributed by atoms with Crippen LogP contribution in [-0.4, -0.2) is 52.5 Å². The average molecular weight is 516 g/mol. The molecule has 2 aliphatic carbocycles. The Labute approximate surface area is 220 Å². The first-order chi connectivity index (χ1) is 17.2. The van der Waals surface area contributed by atoms with Gasteiger partial charge in [0.05, 0.1) is 12.1 Å². The normalized spacial score (nSPS) is 30.8. The van der Waals surface area contributed by atoms with E-state index in [1.165, 1.54) is 25.7 Å². The lowest BCUT2D eigenvalue weighted by molar-refractivity contribution is -0.512. The molecule has 0 unspecified atom stereocenters. The molecule has 198 valence electrons. The SMILES string of the molecule is CC(C)CN(C1CCC(Nc2ccnc3cc(Cl)ccc23)CC1)C1CCC2(CC1)OCC(C)(C)OO2. The van der Waals surface area contributed by atoms with Gasteiger partial charge in [0, 0.05) is 59.8 Å². The van der Waals surface area contributed by atoms with E-state index in [2.05, 4.69) is 41.2 Å². The molecule has 1 saturated heterocycles. The summed E-state index contributed by atoms with van der Waals surface area (Å²) in [6.07, 6.45) is 10.7. The number of rotatable bonds is 6. The number of hydrogen-bond acceptors (Lipinski definition) is 6. The first kappa shape index (κ1) is 26.2. The molecule has 1 spiro atoms. The van der Waals surface area contributed by atoms with Gasteiger partial charge in [-0.1, -0.05) is 25.4 Å². The number of benzene rings is 1. The summed E-state index contributed by atoms with van der Waals surface area (Å²) >= 11 is 6.18. The highest BCUT2D eigenvalue weighted by molar-refractivity contribution is 6.31.